The summed E-state index contributed by atoms with van der Waals surface area (Å²) in [5, 5.41) is 0. The Hall–Kier alpha value is -1.39. The Morgan fingerprint density at radius 1 is 1.39 bits per heavy atom. The zero-order valence-corrected chi connectivity index (χ0v) is 11.2. The maximum atomic E-state index is 11.9. The van der Waals surface area contributed by atoms with Crippen LogP contribution in [-0.4, -0.2) is 25.8 Å². The van der Waals surface area contributed by atoms with Crippen molar-refractivity contribution in [1.29, 1.82) is 0 Å². The van der Waals surface area contributed by atoms with Crippen LogP contribution in [0.25, 0.3) is 0 Å². The highest BCUT2D eigenvalue weighted by Gasteiger charge is 2.38. The van der Waals surface area contributed by atoms with Gasteiger partial charge in [0, 0.05) is 0 Å². The van der Waals surface area contributed by atoms with Crippen molar-refractivity contribution in [1.82, 2.24) is 0 Å². The number of hydrogen-bond acceptors (Lipinski definition) is 4. The molecule has 100 valence electrons. The Balaban J connectivity index is 2.93. The van der Waals surface area contributed by atoms with E-state index in [9.17, 15) is 4.79 Å². The van der Waals surface area contributed by atoms with Crippen LogP contribution < -0.4 is 5.73 Å². The first-order valence-corrected chi connectivity index (χ1v) is 6.09. The van der Waals surface area contributed by atoms with E-state index in [1.54, 1.807) is 12.1 Å². The molecule has 2 N–H and O–H groups in total. The summed E-state index contributed by atoms with van der Waals surface area (Å²) in [5.41, 5.74) is 5.62. The van der Waals surface area contributed by atoms with Crippen LogP contribution in [0.15, 0.2) is 30.3 Å². The zero-order chi connectivity index (χ0) is 13.6. The molecule has 0 saturated carbocycles. The number of hydrogen-bond donors (Lipinski definition) is 1. The van der Waals surface area contributed by atoms with E-state index in [-0.39, 0.29) is 12.7 Å². The van der Waals surface area contributed by atoms with Gasteiger partial charge >= 0.3 is 5.97 Å². The minimum atomic E-state index is -1.25. The Morgan fingerprint density at radius 3 is 2.50 bits per heavy atom. The van der Waals surface area contributed by atoms with Gasteiger partial charge in [-0.1, -0.05) is 37.3 Å². The van der Waals surface area contributed by atoms with Crippen molar-refractivity contribution in [3.05, 3.63) is 35.9 Å². The number of carbonyl (C=O) groups excluding carboxylic acids is 1. The lowest BCUT2D eigenvalue weighted by molar-refractivity contribution is -0.151. The molecule has 0 aliphatic carbocycles. The smallest absolute Gasteiger partial charge is 0.332 e. The molecule has 2 atom stereocenters. The molecule has 0 spiro atoms. The summed E-state index contributed by atoms with van der Waals surface area (Å²) in [6.45, 7) is 4.07. The summed E-state index contributed by atoms with van der Waals surface area (Å²) in [5.74, 6) is -0.489. The molecular formula is C14H21NO3. The van der Waals surface area contributed by atoms with Crippen LogP contribution in [0, 0.1) is 0 Å². The fraction of sp³-hybridized carbons (Fsp3) is 0.500. The molecule has 4 nitrogen and oxygen atoms in total. The van der Waals surface area contributed by atoms with Gasteiger partial charge in [0.2, 0.25) is 0 Å². The first-order chi connectivity index (χ1) is 8.54. The molecule has 0 aromatic heterocycles. The van der Waals surface area contributed by atoms with Crippen molar-refractivity contribution in [2.45, 2.75) is 31.9 Å². The van der Waals surface area contributed by atoms with Gasteiger partial charge < -0.3 is 15.2 Å². The number of nitrogens with two attached hydrogens (primary N) is 1. The lowest BCUT2D eigenvalue weighted by atomic mass is 9.92. The first-order valence-electron chi connectivity index (χ1n) is 6.09. The van der Waals surface area contributed by atoms with Gasteiger partial charge in [-0.25, -0.2) is 4.79 Å². The number of benzene rings is 1. The summed E-state index contributed by atoms with van der Waals surface area (Å²) >= 11 is 0. The monoisotopic (exact) mass is 251 g/mol. The van der Waals surface area contributed by atoms with Crippen LogP contribution in [0.1, 0.15) is 25.8 Å². The third-order valence-electron chi connectivity index (χ3n) is 3.01. The van der Waals surface area contributed by atoms with Gasteiger partial charge in [-0.05, 0) is 18.9 Å². The van der Waals surface area contributed by atoms with E-state index in [2.05, 4.69) is 0 Å². The highest BCUT2D eigenvalue weighted by molar-refractivity contribution is 5.82. The summed E-state index contributed by atoms with van der Waals surface area (Å²) in [6.07, 6.45) is 0.924. The summed E-state index contributed by atoms with van der Waals surface area (Å²) < 4.78 is 10.4. The number of methoxy groups -OCH3 is 1. The highest BCUT2D eigenvalue weighted by atomic mass is 16.5. The van der Waals surface area contributed by atoms with Crippen molar-refractivity contribution in [3.63, 3.8) is 0 Å². The maximum absolute atomic E-state index is 11.9. The highest BCUT2D eigenvalue weighted by Crippen LogP contribution is 2.21. The van der Waals surface area contributed by atoms with Gasteiger partial charge in [-0.15, -0.1) is 0 Å². The van der Waals surface area contributed by atoms with Crippen molar-refractivity contribution < 1.29 is 14.3 Å². The van der Waals surface area contributed by atoms with Crippen LogP contribution in [0.5, 0.6) is 0 Å². The van der Waals surface area contributed by atoms with Gasteiger partial charge in [-0.2, -0.15) is 0 Å². The Kier molecular flexibility index (Phi) is 5.31. The van der Waals surface area contributed by atoms with E-state index in [4.69, 9.17) is 15.2 Å². The fourth-order valence-electron chi connectivity index (χ4n) is 1.57. The van der Waals surface area contributed by atoms with Crippen molar-refractivity contribution >= 4 is 5.97 Å². The molecule has 0 aliphatic heterocycles. The third-order valence-corrected chi connectivity index (χ3v) is 3.01. The van der Waals surface area contributed by atoms with Crippen LogP contribution >= 0.6 is 0 Å². The van der Waals surface area contributed by atoms with Crippen molar-refractivity contribution in [2.24, 2.45) is 5.73 Å². The summed E-state index contributed by atoms with van der Waals surface area (Å²) in [4.78, 5) is 11.9. The molecule has 0 heterocycles. The Bertz CT molecular complexity index is 380. The fourth-order valence-corrected chi connectivity index (χ4v) is 1.57. The second kappa shape index (κ2) is 6.52. The van der Waals surface area contributed by atoms with Crippen molar-refractivity contribution in [2.75, 3.05) is 13.7 Å². The maximum Gasteiger partial charge on any atom is 0.332 e. The minimum absolute atomic E-state index is 0.0568. The lowest BCUT2D eigenvalue weighted by Crippen LogP contribution is -2.50. The van der Waals surface area contributed by atoms with E-state index >= 15 is 0 Å². The van der Waals surface area contributed by atoms with E-state index in [0.717, 1.165) is 6.42 Å². The molecule has 0 radical (unpaired) electrons. The molecule has 0 saturated heterocycles. The second-order valence-electron chi connectivity index (χ2n) is 4.36. The van der Waals surface area contributed by atoms with Crippen LogP contribution in [-0.2, 0) is 19.8 Å². The Labute approximate surface area is 108 Å². The van der Waals surface area contributed by atoms with E-state index in [0.29, 0.717) is 5.56 Å². The largest absolute Gasteiger partial charge is 0.467 e. The van der Waals surface area contributed by atoms with Crippen LogP contribution in [0.3, 0.4) is 0 Å². The Morgan fingerprint density at radius 2 is 2.00 bits per heavy atom. The van der Waals surface area contributed by atoms with E-state index < -0.39 is 11.5 Å². The average molecular weight is 251 g/mol. The predicted octanol–water partition coefficient (Wildman–Crippen LogP) is 1.83. The number of carbonyl (C=O) groups is 1. The van der Waals surface area contributed by atoms with Gasteiger partial charge in [0.15, 0.2) is 5.54 Å². The van der Waals surface area contributed by atoms with Crippen molar-refractivity contribution in [3.8, 4) is 0 Å². The number of rotatable bonds is 6. The molecule has 1 aromatic carbocycles. The van der Waals surface area contributed by atoms with Crippen LogP contribution in [0.2, 0.25) is 0 Å². The van der Waals surface area contributed by atoms with Gasteiger partial charge in [0.25, 0.3) is 0 Å². The standard InChI is InChI=1S/C14H21NO3/c1-4-11(2)18-10-14(15,13(16)17-3)12-8-6-5-7-9-12/h5-9,11H,4,10,15H2,1-3H3. The molecule has 0 aliphatic rings. The quantitative estimate of drug-likeness (QED) is 0.783. The van der Waals surface area contributed by atoms with Gasteiger partial charge in [0.1, 0.15) is 0 Å². The molecule has 0 fully saturated rings. The number of ether oxygens (including phenoxy) is 2. The molecule has 4 heteroatoms. The topological polar surface area (TPSA) is 61.5 Å². The van der Waals surface area contributed by atoms with Crippen LogP contribution in [0.4, 0.5) is 0 Å². The number of esters is 1. The van der Waals surface area contributed by atoms with Gasteiger partial charge in [0.05, 0.1) is 19.8 Å². The minimum Gasteiger partial charge on any atom is -0.467 e. The molecule has 2 unspecified atom stereocenters. The average Bonchev–Trinajstić information content (AvgIpc) is 2.44. The second-order valence-corrected chi connectivity index (χ2v) is 4.36. The molecule has 0 bridgehead atoms. The third kappa shape index (κ3) is 3.31. The SMILES string of the molecule is CCC(C)OCC(N)(C(=O)OC)c1ccccc1. The lowest BCUT2D eigenvalue weighted by Gasteiger charge is -2.28. The summed E-state index contributed by atoms with van der Waals surface area (Å²) in [6, 6.07) is 9.15. The van der Waals surface area contributed by atoms with Gasteiger partial charge in [-0.3, -0.25) is 0 Å². The first kappa shape index (κ1) is 14.7. The molecule has 18 heavy (non-hydrogen) atoms. The van der Waals surface area contributed by atoms with E-state index in [1.807, 2.05) is 32.0 Å². The normalized spacial score (nSPS) is 15.8. The molecule has 1 rings (SSSR count). The predicted molar refractivity (Wildman–Crippen MR) is 70.0 cm³/mol. The molecule has 0 amide bonds. The zero-order valence-electron chi connectivity index (χ0n) is 11.2. The van der Waals surface area contributed by atoms with E-state index in [1.165, 1.54) is 7.11 Å². The molecular weight excluding hydrogens is 230 g/mol. The summed E-state index contributed by atoms with van der Waals surface area (Å²) in [7, 11) is 1.33. The molecule has 1 aromatic rings.